The van der Waals surface area contributed by atoms with Gasteiger partial charge in [0.15, 0.2) is 0 Å². The SMILES string of the molecule is CC(C)(C)c1[nH]ncc1C=C(C#N)C(=O)N1CCCC1. The van der Waals surface area contributed by atoms with Crippen molar-refractivity contribution in [3.8, 4) is 6.07 Å². The van der Waals surface area contributed by atoms with Gasteiger partial charge in [-0.3, -0.25) is 9.89 Å². The quantitative estimate of drug-likeness (QED) is 0.663. The van der Waals surface area contributed by atoms with E-state index in [1.165, 1.54) is 0 Å². The van der Waals surface area contributed by atoms with Gasteiger partial charge in [-0.05, 0) is 18.9 Å². The summed E-state index contributed by atoms with van der Waals surface area (Å²) in [5.74, 6) is -0.175. The number of amides is 1. The Morgan fingerprint density at radius 1 is 1.45 bits per heavy atom. The number of H-pyrrole nitrogens is 1. The molecule has 0 aromatic carbocycles. The van der Waals surface area contributed by atoms with Crippen molar-refractivity contribution in [1.29, 1.82) is 5.26 Å². The molecule has 0 atom stereocenters. The molecule has 0 bridgehead atoms. The van der Waals surface area contributed by atoms with Crippen LogP contribution in [0.1, 0.15) is 44.9 Å². The average molecular weight is 272 g/mol. The zero-order chi connectivity index (χ0) is 14.8. The Bertz CT molecular complexity index is 565. The van der Waals surface area contributed by atoms with Crippen molar-refractivity contribution in [2.24, 2.45) is 0 Å². The molecule has 1 N–H and O–H groups in total. The van der Waals surface area contributed by atoms with Gasteiger partial charge in [0.25, 0.3) is 5.91 Å². The lowest BCUT2D eigenvalue weighted by Crippen LogP contribution is -2.28. The number of likely N-dealkylation sites (tertiary alicyclic amines) is 1. The summed E-state index contributed by atoms with van der Waals surface area (Å²) in [4.78, 5) is 14.0. The molecule has 2 rings (SSSR count). The molecular formula is C15H20N4O. The molecule has 1 fully saturated rings. The lowest BCUT2D eigenvalue weighted by molar-refractivity contribution is -0.125. The van der Waals surface area contributed by atoms with Crippen LogP contribution in [0.25, 0.3) is 6.08 Å². The minimum Gasteiger partial charge on any atom is -0.338 e. The number of aromatic amines is 1. The minimum atomic E-state index is -0.175. The molecule has 1 aliphatic heterocycles. The fourth-order valence-electron chi connectivity index (χ4n) is 2.39. The lowest BCUT2D eigenvalue weighted by Gasteiger charge is -2.18. The van der Waals surface area contributed by atoms with Crippen LogP contribution >= 0.6 is 0 Å². The van der Waals surface area contributed by atoms with Gasteiger partial charge in [0.2, 0.25) is 0 Å². The smallest absolute Gasteiger partial charge is 0.264 e. The topological polar surface area (TPSA) is 72.8 Å². The summed E-state index contributed by atoms with van der Waals surface area (Å²) >= 11 is 0. The maximum absolute atomic E-state index is 12.3. The highest BCUT2D eigenvalue weighted by Gasteiger charge is 2.23. The molecule has 5 nitrogen and oxygen atoms in total. The first-order chi connectivity index (χ1) is 9.43. The summed E-state index contributed by atoms with van der Waals surface area (Å²) in [6.45, 7) is 7.68. The van der Waals surface area contributed by atoms with Gasteiger partial charge in [0.05, 0.1) is 6.20 Å². The van der Waals surface area contributed by atoms with Gasteiger partial charge in [0.1, 0.15) is 11.6 Å². The molecule has 1 aromatic rings. The Hall–Kier alpha value is -2.09. The number of rotatable bonds is 2. The van der Waals surface area contributed by atoms with E-state index in [-0.39, 0.29) is 16.9 Å². The van der Waals surface area contributed by atoms with E-state index in [2.05, 4.69) is 31.0 Å². The van der Waals surface area contributed by atoms with Crippen molar-refractivity contribution in [3.05, 3.63) is 23.0 Å². The second-order valence-corrected chi connectivity index (χ2v) is 6.12. The third kappa shape index (κ3) is 2.90. The van der Waals surface area contributed by atoms with Crippen LogP contribution in [0.5, 0.6) is 0 Å². The molecule has 1 aromatic heterocycles. The van der Waals surface area contributed by atoms with Gasteiger partial charge in [-0.1, -0.05) is 20.8 Å². The molecule has 0 saturated carbocycles. The molecule has 1 aliphatic rings. The fraction of sp³-hybridized carbons (Fsp3) is 0.533. The second kappa shape index (κ2) is 5.49. The highest BCUT2D eigenvalue weighted by Crippen LogP contribution is 2.25. The molecule has 2 heterocycles. The monoisotopic (exact) mass is 272 g/mol. The Balaban J connectivity index is 2.30. The van der Waals surface area contributed by atoms with Crippen LogP contribution in [-0.4, -0.2) is 34.1 Å². The van der Waals surface area contributed by atoms with E-state index in [1.807, 2.05) is 6.07 Å². The fourth-order valence-corrected chi connectivity index (χ4v) is 2.39. The number of nitrogens with one attached hydrogen (secondary N) is 1. The van der Waals surface area contributed by atoms with Gasteiger partial charge in [-0.25, -0.2) is 0 Å². The number of nitrogens with zero attached hydrogens (tertiary/aromatic N) is 3. The maximum Gasteiger partial charge on any atom is 0.264 e. The van der Waals surface area contributed by atoms with E-state index < -0.39 is 0 Å². The number of carbonyl (C=O) groups excluding carboxylic acids is 1. The van der Waals surface area contributed by atoms with Crippen LogP contribution in [0.3, 0.4) is 0 Å². The van der Waals surface area contributed by atoms with Crippen LogP contribution in [0.4, 0.5) is 0 Å². The Morgan fingerprint density at radius 3 is 2.65 bits per heavy atom. The zero-order valence-electron chi connectivity index (χ0n) is 12.2. The summed E-state index contributed by atoms with van der Waals surface area (Å²) in [5.41, 5.74) is 1.81. The van der Waals surface area contributed by atoms with Gasteiger partial charge in [0, 0.05) is 29.8 Å². The van der Waals surface area contributed by atoms with E-state index in [0.29, 0.717) is 0 Å². The summed E-state index contributed by atoms with van der Waals surface area (Å²) in [5, 5.41) is 16.2. The molecular weight excluding hydrogens is 252 g/mol. The Morgan fingerprint density at radius 2 is 2.10 bits per heavy atom. The summed E-state index contributed by atoms with van der Waals surface area (Å²) in [7, 11) is 0. The molecule has 106 valence electrons. The number of aromatic nitrogens is 2. The standard InChI is InChI=1S/C15H20N4O/c1-15(2,3)13-12(10-17-18-13)8-11(9-16)14(20)19-6-4-5-7-19/h8,10H,4-7H2,1-3H3,(H,17,18). The first kappa shape index (κ1) is 14.3. The Kier molecular flexibility index (Phi) is 3.93. The molecule has 5 heteroatoms. The predicted octanol–water partition coefficient (Wildman–Crippen LogP) is 2.24. The number of hydrogen-bond donors (Lipinski definition) is 1. The van der Waals surface area contributed by atoms with Crippen molar-refractivity contribution in [2.75, 3.05) is 13.1 Å². The van der Waals surface area contributed by atoms with Gasteiger partial charge < -0.3 is 4.90 Å². The maximum atomic E-state index is 12.3. The molecule has 0 aliphatic carbocycles. The highest BCUT2D eigenvalue weighted by molar-refractivity contribution is 6.01. The number of hydrogen-bond acceptors (Lipinski definition) is 3. The van der Waals surface area contributed by atoms with Crippen LogP contribution < -0.4 is 0 Å². The van der Waals surface area contributed by atoms with Gasteiger partial charge >= 0.3 is 0 Å². The van der Waals surface area contributed by atoms with Crippen molar-refractivity contribution in [3.63, 3.8) is 0 Å². The predicted molar refractivity (Wildman–Crippen MR) is 76.7 cm³/mol. The molecule has 0 unspecified atom stereocenters. The third-order valence-electron chi connectivity index (χ3n) is 3.46. The summed E-state index contributed by atoms with van der Waals surface area (Å²) in [6, 6.07) is 2.02. The number of nitriles is 1. The molecule has 0 radical (unpaired) electrons. The van der Waals surface area contributed by atoms with Crippen molar-refractivity contribution < 1.29 is 4.79 Å². The van der Waals surface area contributed by atoms with Crippen molar-refractivity contribution >= 4 is 12.0 Å². The van der Waals surface area contributed by atoms with Gasteiger partial charge in [-0.15, -0.1) is 0 Å². The lowest BCUT2D eigenvalue weighted by atomic mass is 9.89. The van der Waals surface area contributed by atoms with E-state index in [1.54, 1.807) is 17.2 Å². The van der Waals surface area contributed by atoms with Crippen LogP contribution in [0, 0.1) is 11.3 Å². The molecule has 1 amide bonds. The highest BCUT2D eigenvalue weighted by atomic mass is 16.2. The first-order valence-electron chi connectivity index (χ1n) is 6.88. The van der Waals surface area contributed by atoms with Crippen LogP contribution in [0.2, 0.25) is 0 Å². The zero-order valence-corrected chi connectivity index (χ0v) is 12.2. The van der Waals surface area contributed by atoms with Crippen LogP contribution in [0.15, 0.2) is 11.8 Å². The van der Waals surface area contributed by atoms with Crippen LogP contribution in [-0.2, 0) is 10.2 Å². The van der Waals surface area contributed by atoms with E-state index >= 15 is 0 Å². The Labute approximate surface area is 119 Å². The minimum absolute atomic E-state index is 0.112. The van der Waals surface area contributed by atoms with Crippen molar-refractivity contribution in [1.82, 2.24) is 15.1 Å². The average Bonchev–Trinajstić information content (AvgIpc) is 3.05. The molecule has 1 saturated heterocycles. The molecule has 0 spiro atoms. The third-order valence-corrected chi connectivity index (χ3v) is 3.46. The second-order valence-electron chi connectivity index (χ2n) is 6.12. The largest absolute Gasteiger partial charge is 0.338 e. The molecule has 20 heavy (non-hydrogen) atoms. The number of carbonyl (C=O) groups is 1. The van der Waals surface area contributed by atoms with E-state index in [0.717, 1.165) is 37.2 Å². The first-order valence-corrected chi connectivity index (χ1v) is 6.88. The normalized spacial score (nSPS) is 16.3. The summed E-state index contributed by atoms with van der Waals surface area (Å²) < 4.78 is 0. The van der Waals surface area contributed by atoms with E-state index in [4.69, 9.17) is 0 Å². The van der Waals surface area contributed by atoms with Gasteiger partial charge in [-0.2, -0.15) is 10.4 Å². The van der Waals surface area contributed by atoms with E-state index in [9.17, 15) is 10.1 Å². The summed E-state index contributed by atoms with van der Waals surface area (Å²) in [6.07, 6.45) is 5.34. The van der Waals surface area contributed by atoms with Crippen molar-refractivity contribution in [2.45, 2.75) is 39.0 Å².